The fourth-order valence-electron chi connectivity index (χ4n) is 9.85. The van der Waals surface area contributed by atoms with Crippen LogP contribution in [-0.4, -0.2) is 112 Å². The molecule has 3 aliphatic heterocycles. The highest BCUT2D eigenvalue weighted by Crippen LogP contribution is 2.39. The lowest BCUT2D eigenvalue weighted by atomic mass is 9.85. The van der Waals surface area contributed by atoms with E-state index >= 15 is 0 Å². The van der Waals surface area contributed by atoms with Crippen LogP contribution in [0.15, 0.2) is 72.2 Å². The van der Waals surface area contributed by atoms with Gasteiger partial charge in [0, 0.05) is 38.8 Å². The number of β-amino-alcohol motifs (C(OH)–C–C–N with tert-alkyl or cyclic N) is 1. The molecule has 402 valence electrons. The van der Waals surface area contributed by atoms with Crippen molar-refractivity contribution in [1.82, 2.24) is 31.2 Å². The molecule has 7 rings (SSSR count). The highest BCUT2D eigenvalue weighted by atomic mass is 32.1. The zero-order chi connectivity index (χ0) is 54.2. The number of hydrogen-bond acceptors (Lipinski definition) is 12. The van der Waals surface area contributed by atoms with E-state index in [0.29, 0.717) is 43.5 Å². The molecule has 4 heterocycles. The van der Waals surface area contributed by atoms with Gasteiger partial charge in [-0.2, -0.15) is 0 Å². The van der Waals surface area contributed by atoms with E-state index in [-0.39, 0.29) is 63.6 Å². The average molecular weight is 1050 g/mol. The number of para-hydroxylation sites is 1. The van der Waals surface area contributed by atoms with Crippen molar-refractivity contribution in [2.24, 2.45) is 11.1 Å². The van der Waals surface area contributed by atoms with Gasteiger partial charge in [-0.3, -0.25) is 33.7 Å². The number of nitrogens with two attached hydrogens (primary N) is 1. The van der Waals surface area contributed by atoms with Crippen molar-refractivity contribution in [2.45, 2.75) is 161 Å². The number of aliphatic hydroxyl groups excluding tert-OH is 1. The number of primary amides is 1. The van der Waals surface area contributed by atoms with Crippen LogP contribution < -0.4 is 36.6 Å². The number of nitrogens with zero attached hydrogens (tertiary/aromatic N) is 3. The molecular weight excluding hydrogens is 977 g/mol. The number of likely N-dealkylation sites (tertiary alicyclic amines) is 1. The van der Waals surface area contributed by atoms with Crippen LogP contribution in [0.4, 0.5) is 10.5 Å². The van der Waals surface area contributed by atoms with E-state index in [1.54, 1.807) is 43.7 Å². The third-order valence-electron chi connectivity index (χ3n) is 13.7. The Balaban J connectivity index is 0.900. The summed E-state index contributed by atoms with van der Waals surface area (Å²) in [6.45, 7) is 12.9. The minimum atomic E-state index is -0.946. The number of benzene rings is 3. The molecule has 0 spiro atoms. The number of aryl methyl sites for hydroxylation is 3. The molecule has 0 unspecified atom stereocenters. The molecule has 0 radical (unpaired) electrons. The Bertz CT molecular complexity index is 2730. The monoisotopic (exact) mass is 1050 g/mol. The van der Waals surface area contributed by atoms with E-state index in [1.165, 1.54) is 9.80 Å². The second kappa shape index (κ2) is 24.2. The molecule has 19 heteroatoms. The van der Waals surface area contributed by atoms with Crippen molar-refractivity contribution in [2.75, 3.05) is 18.1 Å². The largest absolute Gasteiger partial charge is 0.491 e. The number of aliphatic hydroxyl groups is 1. The predicted molar refractivity (Wildman–Crippen MR) is 284 cm³/mol. The van der Waals surface area contributed by atoms with Gasteiger partial charge in [0.2, 0.25) is 35.4 Å². The molecule has 1 fully saturated rings. The summed E-state index contributed by atoms with van der Waals surface area (Å²) in [5, 5.41) is 22.3. The lowest BCUT2D eigenvalue weighted by Gasteiger charge is -2.35. The lowest BCUT2D eigenvalue weighted by Crippen LogP contribution is -2.57. The van der Waals surface area contributed by atoms with Crippen molar-refractivity contribution in [1.29, 1.82) is 0 Å². The standard InChI is InChI=1S/C56H72N8O10S/c1-33-48(75-32-59-33)37-20-18-35(19-21-37)29-58-50(68)43-28-40(65)30-63(43)53(71)49(55(2,3)4)62-46(67)17-9-8-12-34-13-10-16-41(26-34)73-31-39(23-25-45(57)66)60-51(69)44-27-38-15-11-14-36-22-24-42(52(70)64(44)47(36)38)61-54(72)74-56(5,6)7/h10-11,13-16,18-21,26,32,39-40,42-44,49,65H,8-9,12,17,22-25,27-31H2,1-7H3,(H2,57,66)(H,58,68)(H,60,69)(H,61,72)(H,62,67)/t39-,40+,42-,43-,44-,49+/m0/s1. The van der Waals surface area contributed by atoms with Gasteiger partial charge < -0.3 is 46.5 Å². The van der Waals surface area contributed by atoms with Crippen LogP contribution in [0.1, 0.15) is 114 Å². The molecule has 0 bridgehead atoms. The van der Waals surface area contributed by atoms with Crippen molar-refractivity contribution in [3.63, 3.8) is 0 Å². The van der Waals surface area contributed by atoms with E-state index in [4.69, 9.17) is 15.2 Å². The first-order chi connectivity index (χ1) is 35.5. The predicted octanol–water partition coefficient (Wildman–Crippen LogP) is 5.57. The fourth-order valence-corrected chi connectivity index (χ4v) is 10.7. The molecule has 7 N–H and O–H groups in total. The summed E-state index contributed by atoms with van der Waals surface area (Å²) >= 11 is 1.56. The number of aromatic nitrogens is 1. The zero-order valence-electron chi connectivity index (χ0n) is 44.0. The minimum Gasteiger partial charge on any atom is -0.491 e. The van der Waals surface area contributed by atoms with E-state index in [0.717, 1.165) is 38.4 Å². The Kier molecular flexibility index (Phi) is 18.0. The first-order valence-corrected chi connectivity index (χ1v) is 26.7. The summed E-state index contributed by atoms with van der Waals surface area (Å²) in [7, 11) is 0. The number of carbonyl (C=O) groups is 7. The van der Waals surface area contributed by atoms with E-state index in [9.17, 15) is 38.7 Å². The number of carbonyl (C=O) groups excluding carboxylic acids is 7. The average Bonchev–Trinajstić information content (AvgIpc) is 4.07. The molecule has 75 heavy (non-hydrogen) atoms. The normalized spacial score (nSPS) is 19.1. The number of hydrogen-bond donors (Lipinski definition) is 6. The SMILES string of the molecule is Cc1ncsc1-c1ccc(CNC(=O)[C@@H]2C[C@@H](O)CN2C(=O)[C@@H](NC(=O)CCCCc2cccc(OC[C@H](CCC(N)=O)NC(=O)[C@@H]3Cc4cccc5c4N3C(=O)[C@@H](NC(=O)OC(C)(C)C)CC5)c2)C(C)(C)C)cc1. The first kappa shape index (κ1) is 55.9. The summed E-state index contributed by atoms with van der Waals surface area (Å²) < 4.78 is 11.7. The van der Waals surface area contributed by atoms with E-state index < -0.39 is 77.1 Å². The number of nitrogens with one attached hydrogen (secondary N) is 4. The summed E-state index contributed by atoms with van der Waals surface area (Å²) in [6, 6.07) is 16.7. The maximum Gasteiger partial charge on any atom is 0.408 e. The highest BCUT2D eigenvalue weighted by molar-refractivity contribution is 7.13. The first-order valence-electron chi connectivity index (χ1n) is 25.8. The van der Waals surface area contributed by atoms with Gasteiger partial charge in [-0.15, -0.1) is 11.3 Å². The van der Waals surface area contributed by atoms with Gasteiger partial charge in [-0.25, -0.2) is 9.78 Å². The maximum atomic E-state index is 14.2. The van der Waals surface area contributed by atoms with Crippen LogP contribution in [0.5, 0.6) is 5.75 Å². The maximum absolute atomic E-state index is 14.2. The summed E-state index contributed by atoms with van der Waals surface area (Å²) in [4.78, 5) is 103. The van der Waals surface area contributed by atoms with Gasteiger partial charge in [-0.05, 0) is 112 Å². The van der Waals surface area contributed by atoms with Crippen molar-refractivity contribution >= 4 is 58.6 Å². The van der Waals surface area contributed by atoms with Gasteiger partial charge in [0.15, 0.2) is 0 Å². The molecule has 0 aliphatic carbocycles. The van der Waals surface area contributed by atoms with Gasteiger partial charge >= 0.3 is 6.09 Å². The van der Waals surface area contributed by atoms with Gasteiger partial charge in [0.05, 0.1) is 33.9 Å². The Morgan fingerprint density at radius 3 is 2.32 bits per heavy atom. The smallest absolute Gasteiger partial charge is 0.408 e. The Hall–Kier alpha value is -6.86. The second-order valence-electron chi connectivity index (χ2n) is 21.9. The van der Waals surface area contributed by atoms with Crippen LogP contribution >= 0.6 is 11.3 Å². The molecular formula is C56H72N8O10S. The Labute approximate surface area is 442 Å². The van der Waals surface area contributed by atoms with Crippen LogP contribution in [0.2, 0.25) is 0 Å². The summed E-state index contributed by atoms with van der Waals surface area (Å²) in [5.41, 5.74) is 12.1. The summed E-state index contributed by atoms with van der Waals surface area (Å²) in [5.74, 6) is -1.97. The van der Waals surface area contributed by atoms with Gasteiger partial charge in [0.25, 0.3) is 0 Å². The molecule has 18 nitrogen and oxygen atoms in total. The minimum absolute atomic E-state index is 0.00294. The van der Waals surface area contributed by atoms with Crippen LogP contribution in [-0.2, 0) is 59.3 Å². The highest BCUT2D eigenvalue weighted by Gasteiger charge is 2.46. The molecule has 7 amide bonds. The van der Waals surface area contributed by atoms with E-state index in [2.05, 4.69) is 26.3 Å². The molecule has 4 aromatic rings. The quantitative estimate of drug-likeness (QED) is 0.0598. The Morgan fingerprint density at radius 2 is 1.63 bits per heavy atom. The number of amides is 7. The number of rotatable bonds is 20. The molecule has 0 saturated carbocycles. The molecule has 6 atom stereocenters. The van der Waals surface area contributed by atoms with Gasteiger partial charge in [-0.1, -0.05) is 75.4 Å². The van der Waals surface area contributed by atoms with Crippen molar-refractivity contribution in [3.8, 4) is 16.2 Å². The molecule has 3 aliphatic rings. The number of alkyl carbamates (subject to hydrolysis) is 1. The number of anilines is 1. The molecule has 1 aromatic heterocycles. The lowest BCUT2D eigenvalue weighted by molar-refractivity contribution is -0.144. The number of ether oxygens (including phenoxy) is 2. The molecule has 3 aromatic carbocycles. The second-order valence-corrected chi connectivity index (χ2v) is 22.8. The molecule has 1 saturated heterocycles. The van der Waals surface area contributed by atoms with Crippen molar-refractivity contribution < 1.29 is 48.1 Å². The zero-order valence-corrected chi connectivity index (χ0v) is 44.8. The van der Waals surface area contributed by atoms with Crippen LogP contribution in [0.3, 0.4) is 0 Å². The topological polar surface area (TPSA) is 252 Å². The number of thiazole rings is 1. The third kappa shape index (κ3) is 14.7. The van der Waals surface area contributed by atoms with Crippen LogP contribution in [0.25, 0.3) is 10.4 Å². The number of unbranched alkanes of at least 4 members (excludes halogenated alkanes) is 1. The Morgan fingerprint density at radius 1 is 0.893 bits per heavy atom. The summed E-state index contributed by atoms with van der Waals surface area (Å²) in [6.07, 6.45) is 1.68. The van der Waals surface area contributed by atoms with Crippen LogP contribution in [0, 0.1) is 12.3 Å². The third-order valence-corrected chi connectivity index (χ3v) is 14.6. The van der Waals surface area contributed by atoms with Crippen molar-refractivity contribution in [3.05, 3.63) is 100 Å². The van der Waals surface area contributed by atoms with Gasteiger partial charge in [0.1, 0.15) is 42.1 Å². The fraction of sp³-hybridized carbons (Fsp3) is 0.500. The van der Waals surface area contributed by atoms with E-state index in [1.807, 2.05) is 88.4 Å².